The summed E-state index contributed by atoms with van der Waals surface area (Å²) in [6, 6.07) is 0.266. The predicted octanol–water partition coefficient (Wildman–Crippen LogP) is 2.54. The van der Waals surface area contributed by atoms with E-state index >= 15 is 0 Å². The summed E-state index contributed by atoms with van der Waals surface area (Å²) in [5.41, 5.74) is 4.94. The van der Waals surface area contributed by atoms with E-state index in [0.29, 0.717) is 37.1 Å². The topological polar surface area (TPSA) is 96.0 Å². The Balaban J connectivity index is 2.39. The van der Waals surface area contributed by atoms with Crippen molar-refractivity contribution in [3.63, 3.8) is 0 Å². The Labute approximate surface area is 136 Å². The molecule has 10 heteroatoms. The molecule has 0 bridgehead atoms. The Bertz CT molecular complexity index is 788. The molecule has 0 radical (unpaired) electrons. The average Bonchev–Trinajstić information content (AvgIpc) is 2.45. The Morgan fingerprint density at radius 1 is 1.29 bits per heavy atom. The Morgan fingerprint density at radius 3 is 2.54 bits per heavy atom. The second kappa shape index (κ2) is 6.52. The molecule has 1 atom stereocenters. The second-order valence-electron chi connectivity index (χ2n) is 5.36. The molecule has 0 unspecified atom stereocenters. The van der Waals surface area contributed by atoms with Crippen LogP contribution in [0.4, 0.5) is 17.6 Å². The number of hydrogen-bond acceptors (Lipinski definition) is 4. The van der Waals surface area contributed by atoms with Gasteiger partial charge in [0, 0.05) is 17.5 Å². The number of rotatable bonds is 4. The summed E-state index contributed by atoms with van der Waals surface area (Å²) >= 11 is 0. The average molecular weight is 365 g/mol. The molecule has 132 valence electrons. The van der Waals surface area contributed by atoms with E-state index in [9.17, 15) is 26.0 Å². The van der Waals surface area contributed by atoms with Crippen molar-refractivity contribution in [3.05, 3.63) is 40.8 Å². The highest BCUT2D eigenvalue weighted by molar-refractivity contribution is 7.89. The maximum Gasteiger partial charge on any atom is 0.416 e. The van der Waals surface area contributed by atoms with Crippen LogP contribution in [0, 0.1) is 11.2 Å². The second-order valence-corrected chi connectivity index (χ2v) is 7.08. The van der Waals surface area contributed by atoms with Crippen molar-refractivity contribution in [3.8, 4) is 0 Å². The van der Waals surface area contributed by atoms with Gasteiger partial charge in [-0.2, -0.15) is 13.2 Å². The van der Waals surface area contributed by atoms with Gasteiger partial charge < -0.3 is 11.1 Å². The standard InChI is InChI=1S/C14H15F4N3O2S/c15-9-4-8(14(16,17)18)5-10(6-9)24(22,23)21-13-3-1-2-12(20)11(13)7-19/h4-7,13,19,21H,1-3,20H2/t13-/m1/s1. The smallest absolute Gasteiger partial charge is 0.402 e. The molecule has 0 amide bonds. The zero-order valence-corrected chi connectivity index (χ0v) is 13.1. The number of sulfonamides is 1. The molecule has 1 aromatic carbocycles. The van der Waals surface area contributed by atoms with Crippen LogP contribution >= 0.6 is 0 Å². The molecular formula is C14H15F4N3O2S. The molecule has 0 heterocycles. The Hall–Kier alpha value is -1.94. The summed E-state index contributed by atoms with van der Waals surface area (Å²) in [5, 5.41) is 7.31. The molecule has 0 spiro atoms. The van der Waals surface area contributed by atoms with E-state index in [4.69, 9.17) is 11.1 Å². The van der Waals surface area contributed by atoms with Gasteiger partial charge in [-0.25, -0.2) is 17.5 Å². The fraction of sp³-hybridized carbons (Fsp3) is 0.357. The van der Waals surface area contributed by atoms with Crippen molar-refractivity contribution < 1.29 is 26.0 Å². The third kappa shape index (κ3) is 3.93. The third-order valence-corrected chi connectivity index (χ3v) is 5.10. The molecule has 5 nitrogen and oxygen atoms in total. The SMILES string of the molecule is N=CC1=C(N)CCC[C@H]1NS(=O)(=O)c1cc(F)cc(C(F)(F)F)c1. The summed E-state index contributed by atoms with van der Waals surface area (Å²) < 4.78 is 78.4. The van der Waals surface area contributed by atoms with Crippen molar-refractivity contribution in [1.29, 1.82) is 5.41 Å². The van der Waals surface area contributed by atoms with Crippen molar-refractivity contribution in [2.45, 2.75) is 36.4 Å². The molecule has 0 saturated heterocycles. The van der Waals surface area contributed by atoms with Crippen LogP contribution in [-0.4, -0.2) is 20.7 Å². The highest BCUT2D eigenvalue weighted by atomic mass is 32.2. The minimum absolute atomic E-state index is 0.223. The van der Waals surface area contributed by atoms with Crippen LogP contribution in [0.25, 0.3) is 0 Å². The monoisotopic (exact) mass is 365 g/mol. The zero-order chi connectivity index (χ0) is 18.1. The predicted molar refractivity (Wildman–Crippen MR) is 79.4 cm³/mol. The maximum atomic E-state index is 13.4. The number of alkyl halides is 3. The van der Waals surface area contributed by atoms with Gasteiger partial charge in [0.1, 0.15) is 5.82 Å². The van der Waals surface area contributed by atoms with Crippen LogP contribution in [0.15, 0.2) is 34.4 Å². The minimum Gasteiger partial charge on any atom is -0.402 e. The fourth-order valence-electron chi connectivity index (χ4n) is 2.47. The van der Waals surface area contributed by atoms with Gasteiger partial charge in [-0.3, -0.25) is 0 Å². The van der Waals surface area contributed by atoms with Crippen LogP contribution in [0.5, 0.6) is 0 Å². The molecule has 1 aliphatic carbocycles. The molecule has 24 heavy (non-hydrogen) atoms. The van der Waals surface area contributed by atoms with Crippen LogP contribution in [0.3, 0.4) is 0 Å². The van der Waals surface area contributed by atoms with Crippen molar-refractivity contribution >= 4 is 16.2 Å². The summed E-state index contributed by atoms with van der Waals surface area (Å²) in [6.45, 7) is 0. The molecular weight excluding hydrogens is 350 g/mol. The van der Waals surface area contributed by atoms with Gasteiger partial charge in [-0.15, -0.1) is 0 Å². The molecule has 0 aromatic heterocycles. The quantitative estimate of drug-likeness (QED) is 0.565. The first-order valence-corrected chi connectivity index (χ1v) is 8.42. The summed E-state index contributed by atoms with van der Waals surface area (Å²) in [7, 11) is -4.41. The van der Waals surface area contributed by atoms with Crippen LogP contribution < -0.4 is 10.5 Å². The van der Waals surface area contributed by atoms with Gasteiger partial charge in [0.25, 0.3) is 0 Å². The van der Waals surface area contributed by atoms with Crippen LogP contribution in [-0.2, 0) is 16.2 Å². The lowest BCUT2D eigenvalue weighted by Gasteiger charge is -2.25. The van der Waals surface area contributed by atoms with Crippen LogP contribution in [0.2, 0.25) is 0 Å². The molecule has 1 aliphatic rings. The van der Waals surface area contributed by atoms with Gasteiger partial charge in [-0.1, -0.05) is 0 Å². The zero-order valence-electron chi connectivity index (χ0n) is 12.3. The lowest BCUT2D eigenvalue weighted by atomic mass is 9.93. The summed E-state index contributed by atoms with van der Waals surface area (Å²) in [5.74, 6) is -1.31. The maximum absolute atomic E-state index is 13.4. The van der Waals surface area contributed by atoms with Crippen molar-refractivity contribution in [2.24, 2.45) is 5.73 Å². The van der Waals surface area contributed by atoms with Gasteiger partial charge in [-0.05, 0) is 37.5 Å². The van der Waals surface area contributed by atoms with E-state index in [1.165, 1.54) is 0 Å². The Morgan fingerprint density at radius 2 is 1.96 bits per heavy atom. The molecule has 1 aromatic rings. The van der Waals surface area contributed by atoms with E-state index in [0.717, 1.165) is 6.21 Å². The highest BCUT2D eigenvalue weighted by Crippen LogP contribution is 2.32. The van der Waals surface area contributed by atoms with Crippen molar-refractivity contribution in [2.75, 3.05) is 0 Å². The molecule has 4 N–H and O–H groups in total. The first kappa shape index (κ1) is 18.4. The normalized spacial score (nSPS) is 19.4. The van der Waals surface area contributed by atoms with E-state index in [-0.39, 0.29) is 11.6 Å². The fourth-order valence-corrected chi connectivity index (χ4v) is 3.78. The number of nitrogens with two attached hydrogens (primary N) is 1. The van der Waals surface area contributed by atoms with E-state index in [1.807, 2.05) is 0 Å². The number of hydrogen-bond donors (Lipinski definition) is 3. The van der Waals surface area contributed by atoms with Gasteiger partial charge in [0.2, 0.25) is 10.0 Å². The molecule has 0 fully saturated rings. The summed E-state index contributed by atoms with van der Waals surface area (Å²) in [4.78, 5) is -0.830. The molecule has 0 aliphatic heterocycles. The number of halogens is 4. The molecule has 2 rings (SSSR count). The number of allylic oxidation sites excluding steroid dienone is 1. The minimum atomic E-state index is -4.87. The Kier molecular flexibility index (Phi) is 5.00. The van der Waals surface area contributed by atoms with E-state index in [1.54, 1.807) is 0 Å². The molecule has 0 saturated carbocycles. The lowest BCUT2D eigenvalue weighted by Crippen LogP contribution is -2.39. The van der Waals surface area contributed by atoms with E-state index < -0.39 is 38.5 Å². The summed E-state index contributed by atoms with van der Waals surface area (Å²) in [6.07, 6.45) is -2.56. The van der Waals surface area contributed by atoms with Crippen LogP contribution in [0.1, 0.15) is 24.8 Å². The number of nitrogens with one attached hydrogen (secondary N) is 2. The highest BCUT2D eigenvalue weighted by Gasteiger charge is 2.33. The third-order valence-electron chi connectivity index (χ3n) is 3.65. The first-order chi connectivity index (χ1) is 11.0. The van der Waals surface area contributed by atoms with Gasteiger partial charge in [0.15, 0.2) is 0 Å². The first-order valence-electron chi connectivity index (χ1n) is 6.93. The van der Waals surface area contributed by atoms with Gasteiger partial charge in [0.05, 0.1) is 16.5 Å². The van der Waals surface area contributed by atoms with Crippen molar-refractivity contribution in [1.82, 2.24) is 4.72 Å². The largest absolute Gasteiger partial charge is 0.416 e. The number of benzene rings is 1. The van der Waals surface area contributed by atoms with Gasteiger partial charge >= 0.3 is 6.18 Å². The van der Waals surface area contributed by atoms with E-state index in [2.05, 4.69) is 4.72 Å². The lowest BCUT2D eigenvalue weighted by molar-refractivity contribution is -0.137.